The highest BCUT2D eigenvalue weighted by Crippen LogP contribution is 2.37. The summed E-state index contributed by atoms with van der Waals surface area (Å²) in [5.74, 6) is -2.46. The number of imidazole rings is 1. The smallest absolute Gasteiger partial charge is 0.394 e. The lowest BCUT2D eigenvalue weighted by Gasteiger charge is -2.20. The van der Waals surface area contributed by atoms with Crippen LogP contribution in [-0.2, 0) is 15.7 Å². The Morgan fingerprint density at radius 2 is 2.00 bits per heavy atom. The quantitative estimate of drug-likeness (QED) is 0.371. The zero-order chi connectivity index (χ0) is 21.7. The number of carbonyl (C=O) groups is 1. The highest BCUT2D eigenvalue weighted by atomic mass is 19.4. The number of aromatic nitrogens is 4. The lowest BCUT2D eigenvalue weighted by atomic mass is 10.1. The molecule has 0 saturated carbocycles. The monoisotopic (exact) mass is 422 g/mol. The van der Waals surface area contributed by atoms with E-state index in [1.54, 1.807) is 0 Å². The first-order valence-corrected chi connectivity index (χ1v) is 8.18. The van der Waals surface area contributed by atoms with Crippen molar-refractivity contribution in [3.8, 4) is 0 Å². The van der Waals surface area contributed by atoms with E-state index < -0.39 is 65.8 Å². The molecule has 29 heavy (non-hydrogen) atoms. The van der Waals surface area contributed by atoms with Crippen LogP contribution >= 0.6 is 0 Å². The molecule has 1 saturated heterocycles. The first-order chi connectivity index (χ1) is 13.5. The van der Waals surface area contributed by atoms with Crippen molar-refractivity contribution in [3.63, 3.8) is 0 Å². The number of halogens is 3. The number of hydrogen-bond donors (Lipinski definition) is 5. The third-order valence-corrected chi connectivity index (χ3v) is 4.32. The number of nitrogens with one attached hydrogen (secondary N) is 2. The number of ether oxygens (including phenoxy) is 1. The van der Waals surface area contributed by atoms with Gasteiger partial charge in [-0.3, -0.25) is 29.6 Å². The van der Waals surface area contributed by atoms with Gasteiger partial charge < -0.3 is 20.1 Å². The van der Waals surface area contributed by atoms with Gasteiger partial charge in [-0.25, -0.2) is 4.98 Å². The molecule has 0 spiro atoms. The lowest BCUT2D eigenvalue weighted by molar-refractivity contribution is -0.154. The lowest BCUT2D eigenvalue weighted by Crippen LogP contribution is -2.34. The van der Waals surface area contributed by atoms with E-state index in [0.29, 0.717) is 4.57 Å². The molecule has 15 heteroatoms. The molecule has 3 rings (SSSR count). The maximum atomic E-state index is 13.6. The molecule has 2 aromatic rings. The van der Waals surface area contributed by atoms with E-state index in [1.165, 1.54) is 14.0 Å². The van der Waals surface area contributed by atoms with E-state index in [0.717, 1.165) is 5.01 Å². The van der Waals surface area contributed by atoms with Crippen molar-refractivity contribution < 1.29 is 38.0 Å². The standard InChI is InChI=1S/C14H17F3N6O6/c1-4(25)22(2)21-13-19-9-6(10(28)20-13)18-12(14(15,16)17)23(9)11-8(27)7(26)5(3-24)29-11/h5,7-8,11,24,26-27H,3H2,1-2H3,(H2,19,20,21,28)/t5-,7-,8-,11-/m1/s1. The van der Waals surface area contributed by atoms with Crippen molar-refractivity contribution in [3.05, 3.63) is 16.2 Å². The molecule has 2 aromatic heterocycles. The summed E-state index contributed by atoms with van der Waals surface area (Å²) in [5, 5.41) is 30.1. The van der Waals surface area contributed by atoms with Crippen LogP contribution in [-0.4, -0.2) is 77.7 Å². The van der Waals surface area contributed by atoms with Gasteiger partial charge in [-0.05, 0) is 0 Å². The Morgan fingerprint density at radius 1 is 1.34 bits per heavy atom. The zero-order valence-corrected chi connectivity index (χ0v) is 15.0. The highest BCUT2D eigenvalue weighted by Gasteiger charge is 2.48. The maximum Gasteiger partial charge on any atom is 0.449 e. The van der Waals surface area contributed by atoms with Gasteiger partial charge >= 0.3 is 6.18 Å². The van der Waals surface area contributed by atoms with Crippen LogP contribution in [0.5, 0.6) is 0 Å². The van der Waals surface area contributed by atoms with Gasteiger partial charge in [0.25, 0.3) is 5.56 Å². The number of fused-ring (bicyclic) bond motifs is 1. The number of nitrogens with zero attached hydrogens (tertiary/aromatic N) is 4. The number of aromatic amines is 1. The molecule has 160 valence electrons. The molecule has 3 heterocycles. The van der Waals surface area contributed by atoms with Crippen LogP contribution in [0.3, 0.4) is 0 Å². The summed E-state index contributed by atoms with van der Waals surface area (Å²) in [4.78, 5) is 32.9. The predicted octanol–water partition coefficient (Wildman–Crippen LogP) is -1.44. The summed E-state index contributed by atoms with van der Waals surface area (Å²) in [5.41, 5.74) is 0.0135. The van der Waals surface area contributed by atoms with Gasteiger partial charge in [0.05, 0.1) is 6.61 Å². The van der Waals surface area contributed by atoms with Crippen LogP contribution in [0.2, 0.25) is 0 Å². The molecule has 0 bridgehead atoms. The van der Waals surface area contributed by atoms with Crippen LogP contribution in [0, 0.1) is 0 Å². The van der Waals surface area contributed by atoms with Crippen molar-refractivity contribution in [1.82, 2.24) is 24.5 Å². The van der Waals surface area contributed by atoms with Crippen molar-refractivity contribution in [2.75, 3.05) is 19.1 Å². The number of H-pyrrole nitrogens is 1. The van der Waals surface area contributed by atoms with Gasteiger partial charge in [0.2, 0.25) is 17.7 Å². The van der Waals surface area contributed by atoms with Gasteiger partial charge in [-0.1, -0.05) is 0 Å². The number of amides is 1. The number of hydrazine groups is 1. The van der Waals surface area contributed by atoms with E-state index in [2.05, 4.69) is 20.4 Å². The summed E-state index contributed by atoms with van der Waals surface area (Å²) >= 11 is 0. The molecule has 0 aliphatic carbocycles. The molecule has 0 radical (unpaired) electrons. The number of anilines is 1. The van der Waals surface area contributed by atoms with Gasteiger partial charge in [0.15, 0.2) is 17.4 Å². The normalized spacial score (nSPS) is 24.8. The van der Waals surface area contributed by atoms with Gasteiger partial charge in [0, 0.05) is 14.0 Å². The fraction of sp³-hybridized carbons (Fsp3) is 0.571. The third-order valence-electron chi connectivity index (χ3n) is 4.32. The number of rotatable bonds is 4. The summed E-state index contributed by atoms with van der Waals surface area (Å²) in [6, 6.07) is 0. The number of carbonyl (C=O) groups excluding carboxylic acids is 1. The van der Waals surface area contributed by atoms with Gasteiger partial charge in [0.1, 0.15) is 18.3 Å². The Hall–Kier alpha value is -2.75. The average Bonchev–Trinajstić information content (AvgIpc) is 3.13. The molecule has 1 fully saturated rings. The minimum Gasteiger partial charge on any atom is -0.394 e. The van der Waals surface area contributed by atoms with Crippen molar-refractivity contribution in [2.24, 2.45) is 0 Å². The second-order valence-corrected chi connectivity index (χ2v) is 6.31. The first kappa shape index (κ1) is 21.0. The van der Waals surface area contributed by atoms with Crippen LogP contribution in [0.25, 0.3) is 11.2 Å². The van der Waals surface area contributed by atoms with Crippen LogP contribution < -0.4 is 11.0 Å². The highest BCUT2D eigenvalue weighted by molar-refractivity contribution is 5.75. The van der Waals surface area contributed by atoms with Crippen molar-refractivity contribution >= 4 is 23.0 Å². The fourth-order valence-corrected chi connectivity index (χ4v) is 2.81. The molecular weight excluding hydrogens is 405 g/mol. The summed E-state index contributed by atoms with van der Waals surface area (Å²) in [7, 11) is 1.29. The average molecular weight is 422 g/mol. The number of aliphatic hydroxyl groups excluding tert-OH is 3. The molecule has 1 amide bonds. The molecule has 12 nitrogen and oxygen atoms in total. The number of alkyl halides is 3. The van der Waals surface area contributed by atoms with Crippen LogP contribution in [0.1, 0.15) is 19.0 Å². The zero-order valence-electron chi connectivity index (χ0n) is 15.0. The third kappa shape index (κ3) is 3.64. The van der Waals surface area contributed by atoms with Crippen LogP contribution in [0.4, 0.5) is 19.1 Å². The minimum atomic E-state index is -5.07. The fourth-order valence-electron chi connectivity index (χ4n) is 2.81. The van der Waals surface area contributed by atoms with Gasteiger partial charge in [-0.2, -0.15) is 18.2 Å². The molecule has 1 aliphatic rings. The summed E-state index contributed by atoms with van der Waals surface area (Å²) in [6.45, 7) is 0.418. The molecular formula is C14H17F3N6O6. The molecule has 0 unspecified atom stereocenters. The van der Waals surface area contributed by atoms with E-state index in [9.17, 15) is 38.1 Å². The van der Waals surface area contributed by atoms with Gasteiger partial charge in [-0.15, -0.1) is 0 Å². The second kappa shape index (κ2) is 7.25. The number of hydrogen-bond acceptors (Lipinski definition) is 9. The maximum absolute atomic E-state index is 13.6. The SMILES string of the molecule is CC(=O)N(C)Nc1nc2c(nc(C(F)(F)F)n2[C@@H]2O[C@H](CO)[C@@H](O)[C@H]2O)c(=O)[nH]1. The topological polar surface area (TPSA) is 166 Å². The second-order valence-electron chi connectivity index (χ2n) is 6.31. The number of aliphatic hydroxyl groups is 3. The molecule has 1 aliphatic heterocycles. The van der Waals surface area contributed by atoms with E-state index in [-0.39, 0.29) is 5.95 Å². The van der Waals surface area contributed by atoms with Crippen LogP contribution in [0.15, 0.2) is 4.79 Å². The summed E-state index contributed by atoms with van der Waals surface area (Å²) < 4.78 is 46.1. The Bertz CT molecular complexity index is 991. The van der Waals surface area contributed by atoms with Crippen molar-refractivity contribution in [2.45, 2.75) is 37.6 Å². The Balaban J connectivity index is 2.21. The largest absolute Gasteiger partial charge is 0.449 e. The minimum absolute atomic E-state index is 0.326. The first-order valence-electron chi connectivity index (χ1n) is 8.18. The molecule has 4 atom stereocenters. The Kier molecular flexibility index (Phi) is 5.24. The molecule has 5 N–H and O–H groups in total. The van der Waals surface area contributed by atoms with E-state index in [1.807, 2.05) is 0 Å². The summed E-state index contributed by atoms with van der Waals surface area (Å²) in [6.07, 6.45) is -11.8. The van der Waals surface area contributed by atoms with E-state index >= 15 is 0 Å². The predicted molar refractivity (Wildman–Crippen MR) is 88.2 cm³/mol. The van der Waals surface area contributed by atoms with E-state index in [4.69, 9.17) is 4.74 Å². The molecule has 0 aromatic carbocycles. The Morgan fingerprint density at radius 3 is 2.52 bits per heavy atom. The Labute approximate surface area is 159 Å². The van der Waals surface area contributed by atoms with Crippen molar-refractivity contribution in [1.29, 1.82) is 0 Å².